The molecule has 0 aromatic rings. The lowest BCUT2D eigenvalue weighted by Crippen LogP contribution is -2.33. The Hall–Kier alpha value is 1.09. The topological polar surface area (TPSA) is 0 Å². The Labute approximate surface area is 88.7 Å². The van der Waals surface area contributed by atoms with Gasteiger partial charge in [0.1, 0.15) is 0 Å². The molecule has 70 valence electrons. The summed E-state index contributed by atoms with van der Waals surface area (Å²) >= 11 is 18.5. The average Bonchev–Trinajstić information content (AvgIpc) is 2.27. The zero-order valence-corrected chi connectivity index (χ0v) is 10.2. The van der Waals surface area contributed by atoms with Crippen LogP contribution in [0.4, 0.5) is 0 Å². The fraction of sp³-hybridized carbons (Fsp3) is 1.00. The van der Waals surface area contributed by atoms with E-state index in [-0.39, 0.29) is 5.04 Å². The van der Waals surface area contributed by atoms with Gasteiger partial charge >= 0.3 is 6.00 Å². The van der Waals surface area contributed by atoms with E-state index in [1.165, 1.54) is 38.5 Å². The summed E-state index contributed by atoms with van der Waals surface area (Å²) in [5.41, 5.74) is 0. The van der Waals surface area contributed by atoms with E-state index in [9.17, 15) is 0 Å². The van der Waals surface area contributed by atoms with Crippen LogP contribution in [0.3, 0.4) is 0 Å². The van der Waals surface area contributed by atoms with Gasteiger partial charge in [-0.1, -0.05) is 19.3 Å². The highest BCUT2D eigenvalue weighted by Gasteiger charge is 2.56. The van der Waals surface area contributed by atoms with E-state index in [4.69, 9.17) is 33.2 Å². The average molecular weight is 244 g/mol. The third kappa shape index (κ3) is 1.43. The van der Waals surface area contributed by atoms with Crippen molar-refractivity contribution in [2.24, 2.45) is 5.92 Å². The van der Waals surface area contributed by atoms with E-state index < -0.39 is 6.00 Å². The van der Waals surface area contributed by atoms with Crippen LogP contribution in [0.25, 0.3) is 0 Å². The first kappa shape index (κ1) is 9.63. The van der Waals surface area contributed by atoms with E-state index in [2.05, 4.69) is 0 Å². The van der Waals surface area contributed by atoms with E-state index in [0.29, 0.717) is 0 Å². The van der Waals surface area contributed by atoms with Crippen LogP contribution in [0.2, 0.25) is 5.04 Å². The molecular weight excluding hydrogens is 231 g/mol. The number of hydrogen-bond donors (Lipinski definition) is 0. The molecule has 0 aromatic heterocycles. The Kier molecular flexibility index (Phi) is 2.45. The second kappa shape index (κ2) is 3.05. The van der Waals surface area contributed by atoms with Gasteiger partial charge in [0, 0.05) is 5.04 Å². The fourth-order valence-corrected chi connectivity index (χ4v) is 6.64. The summed E-state index contributed by atoms with van der Waals surface area (Å²) in [4.78, 5) is 0. The van der Waals surface area contributed by atoms with Gasteiger partial charge in [-0.3, -0.25) is 0 Å². The van der Waals surface area contributed by atoms with Crippen molar-refractivity contribution >= 4 is 39.2 Å². The predicted molar refractivity (Wildman–Crippen MR) is 57.2 cm³/mol. The maximum atomic E-state index is 6.17. The van der Waals surface area contributed by atoms with E-state index in [1.807, 2.05) is 0 Å². The van der Waals surface area contributed by atoms with Gasteiger partial charge in [0.25, 0.3) is 0 Å². The smallest absolute Gasteiger partial charge is 0.125 e. The Balaban J connectivity index is 2.21. The van der Waals surface area contributed by atoms with Crippen LogP contribution in [-0.2, 0) is 0 Å². The lowest BCUT2D eigenvalue weighted by Gasteiger charge is -2.37. The maximum Gasteiger partial charge on any atom is 0.347 e. The summed E-state index contributed by atoms with van der Waals surface area (Å²) in [5, 5.41) is 0.167. The van der Waals surface area contributed by atoms with Crippen molar-refractivity contribution in [1.82, 2.24) is 0 Å². The highest BCUT2D eigenvalue weighted by atomic mass is 35.8. The molecule has 0 aromatic carbocycles. The minimum absolute atomic E-state index is 0.167. The van der Waals surface area contributed by atoms with Gasteiger partial charge in [0.15, 0.2) is 0 Å². The Morgan fingerprint density at radius 2 is 1.83 bits per heavy atom. The second-order valence-corrected chi connectivity index (χ2v) is 13.2. The first-order valence-corrected chi connectivity index (χ1v) is 9.64. The third-order valence-corrected chi connectivity index (χ3v) is 9.09. The van der Waals surface area contributed by atoms with Crippen molar-refractivity contribution < 1.29 is 0 Å². The zero-order chi connectivity index (χ0) is 8.82. The highest BCUT2D eigenvalue weighted by molar-refractivity contribution is 7.65. The van der Waals surface area contributed by atoms with Gasteiger partial charge in [0.2, 0.25) is 0 Å². The second-order valence-electron chi connectivity index (χ2n) is 4.28. The van der Waals surface area contributed by atoms with Crippen molar-refractivity contribution in [2.45, 2.75) is 43.6 Å². The van der Waals surface area contributed by atoms with Crippen LogP contribution in [-0.4, -0.2) is 6.00 Å². The lowest BCUT2D eigenvalue weighted by molar-refractivity contribution is 0.369. The molecule has 12 heavy (non-hydrogen) atoms. The molecule has 2 rings (SSSR count). The molecule has 0 aliphatic heterocycles. The molecule has 0 heterocycles. The Bertz CT molecular complexity index is 185. The molecule has 0 amide bonds. The molecule has 0 saturated heterocycles. The highest BCUT2D eigenvalue weighted by Crippen LogP contribution is 2.65. The van der Waals surface area contributed by atoms with Crippen LogP contribution in [0, 0.1) is 5.92 Å². The zero-order valence-electron chi connectivity index (χ0n) is 6.95. The molecule has 4 heteroatoms. The van der Waals surface area contributed by atoms with Crippen LogP contribution in [0.1, 0.15) is 38.5 Å². The van der Waals surface area contributed by atoms with Crippen molar-refractivity contribution in [3.63, 3.8) is 0 Å². The van der Waals surface area contributed by atoms with Gasteiger partial charge in [-0.25, -0.2) is 0 Å². The van der Waals surface area contributed by atoms with E-state index in [1.54, 1.807) is 0 Å². The molecule has 2 aliphatic carbocycles. The summed E-state index contributed by atoms with van der Waals surface area (Å²) in [6.07, 6.45) is 7.52. The molecule has 0 nitrogen and oxygen atoms in total. The third-order valence-electron chi connectivity index (χ3n) is 3.58. The van der Waals surface area contributed by atoms with Crippen LogP contribution >= 0.6 is 33.2 Å². The fourth-order valence-electron chi connectivity index (χ4n) is 2.84. The Morgan fingerprint density at radius 1 is 1.08 bits per heavy atom. The van der Waals surface area contributed by atoms with Gasteiger partial charge in [-0.05, 0) is 25.2 Å². The van der Waals surface area contributed by atoms with E-state index >= 15 is 0 Å². The van der Waals surface area contributed by atoms with Crippen LogP contribution < -0.4 is 0 Å². The molecule has 2 atom stereocenters. The molecule has 0 spiro atoms. The number of halogens is 3. The van der Waals surface area contributed by atoms with Crippen LogP contribution in [0.5, 0.6) is 0 Å². The summed E-state index contributed by atoms with van der Waals surface area (Å²) in [7, 11) is 0. The van der Waals surface area contributed by atoms with Crippen molar-refractivity contribution in [1.29, 1.82) is 0 Å². The van der Waals surface area contributed by atoms with Gasteiger partial charge in [0.05, 0.1) is 0 Å². The van der Waals surface area contributed by atoms with Gasteiger partial charge in [-0.15, -0.1) is 33.2 Å². The summed E-state index contributed by atoms with van der Waals surface area (Å²) in [5.74, 6) is 0.877. The molecule has 0 radical (unpaired) electrons. The summed E-state index contributed by atoms with van der Waals surface area (Å²) in [6, 6.07) is -2.45. The van der Waals surface area contributed by atoms with Gasteiger partial charge in [-0.2, -0.15) is 0 Å². The van der Waals surface area contributed by atoms with Crippen molar-refractivity contribution in [3.05, 3.63) is 0 Å². The standard InChI is InChI=1S/C8H13Cl3Si/c9-12(10,11)8-4-1-2-7(6-8)3-5-8/h7H,1-6H2. The summed E-state index contributed by atoms with van der Waals surface area (Å²) < 4.78 is 0. The molecule has 2 saturated carbocycles. The van der Waals surface area contributed by atoms with Gasteiger partial charge < -0.3 is 0 Å². The predicted octanol–water partition coefficient (Wildman–Crippen LogP) is 4.37. The van der Waals surface area contributed by atoms with Crippen LogP contribution in [0.15, 0.2) is 0 Å². The number of hydrogen-bond acceptors (Lipinski definition) is 0. The van der Waals surface area contributed by atoms with Crippen molar-refractivity contribution in [2.75, 3.05) is 0 Å². The quantitative estimate of drug-likeness (QED) is 0.474. The largest absolute Gasteiger partial charge is 0.347 e. The summed E-state index contributed by atoms with van der Waals surface area (Å²) in [6.45, 7) is 0. The molecule has 2 bridgehead atoms. The molecule has 0 N–H and O–H groups in total. The molecule has 2 aliphatic rings. The minimum atomic E-state index is -2.45. The molecular formula is C8H13Cl3Si. The first-order valence-electron chi connectivity index (χ1n) is 4.60. The molecule has 2 unspecified atom stereocenters. The Morgan fingerprint density at radius 3 is 2.42 bits per heavy atom. The number of fused-ring (bicyclic) bond motifs is 2. The minimum Gasteiger partial charge on any atom is -0.125 e. The monoisotopic (exact) mass is 242 g/mol. The van der Waals surface area contributed by atoms with Crippen molar-refractivity contribution in [3.8, 4) is 0 Å². The normalized spacial score (nSPS) is 41.8. The van der Waals surface area contributed by atoms with E-state index in [0.717, 1.165) is 5.92 Å². The number of rotatable bonds is 1. The first-order chi connectivity index (χ1) is 5.54. The lowest BCUT2D eigenvalue weighted by atomic mass is 9.88. The molecule has 2 fully saturated rings. The SMILES string of the molecule is Cl[Si](Cl)(Cl)C12CCCC(CC1)C2. The maximum absolute atomic E-state index is 6.17.